The van der Waals surface area contributed by atoms with Gasteiger partial charge in [-0.2, -0.15) is 5.10 Å². The van der Waals surface area contributed by atoms with Gasteiger partial charge in [-0.05, 0) is 49.1 Å². The highest BCUT2D eigenvalue weighted by Crippen LogP contribution is 2.37. The third-order valence-corrected chi connectivity index (χ3v) is 6.26. The maximum Gasteiger partial charge on any atom is 0.124 e. The number of fused-ring (bicyclic) bond motifs is 2. The Kier molecular flexibility index (Phi) is 3.96. The largest absolute Gasteiger partial charge is 0.387 e. The second kappa shape index (κ2) is 6.46. The molecular weight excluding hydrogens is 346 g/mol. The van der Waals surface area contributed by atoms with Gasteiger partial charge in [-0.1, -0.05) is 6.07 Å². The zero-order valence-corrected chi connectivity index (χ0v) is 15.0. The number of hydrogen-bond donors (Lipinski definition) is 2. The normalized spacial score (nSPS) is 17.1. The molecule has 0 amide bonds. The van der Waals surface area contributed by atoms with Gasteiger partial charge in [0.05, 0.1) is 23.5 Å². The summed E-state index contributed by atoms with van der Waals surface area (Å²) < 4.78 is 5.41. The van der Waals surface area contributed by atoms with Crippen LogP contribution in [0.5, 0.6) is 0 Å². The fourth-order valence-electron chi connectivity index (χ4n) is 3.61. The summed E-state index contributed by atoms with van der Waals surface area (Å²) in [6.07, 6.45) is 3.23. The maximum atomic E-state index is 10.7. The minimum atomic E-state index is -0.427. The monoisotopic (exact) mass is 365 g/mol. The van der Waals surface area contributed by atoms with Gasteiger partial charge < -0.3 is 9.84 Å². The molecule has 2 N–H and O–H groups in total. The summed E-state index contributed by atoms with van der Waals surface area (Å²) in [7, 11) is 0. The molecule has 132 valence electrons. The Labute approximate surface area is 154 Å². The molecule has 5 nitrogen and oxygen atoms in total. The Hall–Kier alpha value is -2.28. The number of aliphatic hydroxyl groups is 1. The number of nitrogens with one attached hydrogen (secondary N) is 1. The molecule has 3 aromatic heterocycles. The second-order valence-corrected chi connectivity index (χ2v) is 7.87. The summed E-state index contributed by atoms with van der Waals surface area (Å²) in [6, 6.07) is 12.4. The van der Waals surface area contributed by atoms with Crippen LogP contribution < -0.4 is 0 Å². The van der Waals surface area contributed by atoms with E-state index in [1.807, 2.05) is 18.3 Å². The lowest BCUT2D eigenvalue weighted by molar-refractivity contribution is 0.00856. The van der Waals surface area contributed by atoms with Crippen molar-refractivity contribution >= 4 is 32.5 Å². The van der Waals surface area contributed by atoms with E-state index in [2.05, 4.69) is 34.5 Å². The number of aromatic amines is 1. The SMILES string of the molecule is O[C@@H](c1cc2ccc(-c3ccc4[nH]ncc4c3)nc2s1)C1CCOCC1. The Bertz CT molecular complexity index is 1070. The maximum absolute atomic E-state index is 10.7. The van der Waals surface area contributed by atoms with E-state index in [4.69, 9.17) is 9.72 Å². The first kappa shape index (κ1) is 15.9. The van der Waals surface area contributed by atoms with Crippen LogP contribution in [0, 0.1) is 5.92 Å². The lowest BCUT2D eigenvalue weighted by atomic mass is 9.93. The summed E-state index contributed by atoms with van der Waals surface area (Å²) >= 11 is 1.59. The van der Waals surface area contributed by atoms with Crippen LogP contribution in [0.15, 0.2) is 42.6 Å². The predicted molar refractivity (Wildman–Crippen MR) is 103 cm³/mol. The summed E-state index contributed by atoms with van der Waals surface area (Å²) in [6.45, 7) is 1.48. The fourth-order valence-corrected chi connectivity index (χ4v) is 4.72. The van der Waals surface area contributed by atoms with Crippen molar-refractivity contribution in [3.63, 3.8) is 0 Å². The average Bonchev–Trinajstić information content (AvgIpc) is 3.33. The second-order valence-electron chi connectivity index (χ2n) is 6.81. The molecule has 4 aromatic rings. The van der Waals surface area contributed by atoms with Gasteiger partial charge >= 0.3 is 0 Å². The van der Waals surface area contributed by atoms with Crippen molar-refractivity contribution in [2.45, 2.75) is 18.9 Å². The summed E-state index contributed by atoms with van der Waals surface area (Å²) in [5.74, 6) is 0.278. The first-order chi connectivity index (χ1) is 12.8. The first-order valence-electron chi connectivity index (χ1n) is 8.88. The van der Waals surface area contributed by atoms with Gasteiger partial charge in [0.25, 0.3) is 0 Å². The number of H-pyrrole nitrogens is 1. The molecular formula is C20H19N3O2S. The van der Waals surface area contributed by atoms with Crippen LogP contribution in [-0.4, -0.2) is 33.5 Å². The summed E-state index contributed by atoms with van der Waals surface area (Å²) in [5, 5.41) is 19.9. The van der Waals surface area contributed by atoms with Gasteiger partial charge in [0, 0.05) is 34.4 Å². The topological polar surface area (TPSA) is 71.0 Å². The number of pyridine rings is 1. The van der Waals surface area contributed by atoms with Gasteiger partial charge in [-0.25, -0.2) is 4.98 Å². The van der Waals surface area contributed by atoms with E-state index in [-0.39, 0.29) is 5.92 Å². The van der Waals surface area contributed by atoms with Gasteiger partial charge in [-0.3, -0.25) is 5.10 Å². The van der Waals surface area contributed by atoms with E-state index in [0.29, 0.717) is 0 Å². The molecule has 0 spiro atoms. The van der Waals surface area contributed by atoms with Crippen LogP contribution in [0.3, 0.4) is 0 Å². The van der Waals surface area contributed by atoms with Crippen molar-refractivity contribution < 1.29 is 9.84 Å². The standard InChI is InChI=1S/C20H19N3O2S/c24-19(12-5-7-25-8-6-12)18-10-14-2-3-16(22-20(14)26-18)13-1-4-17-15(9-13)11-21-23-17/h1-4,9-12,19,24H,5-8H2,(H,21,23)/t19-/m1/s1. The van der Waals surface area contributed by atoms with Crippen molar-refractivity contribution in [1.82, 2.24) is 15.2 Å². The number of nitrogens with zero attached hydrogens (tertiary/aromatic N) is 2. The number of rotatable bonds is 3. The van der Waals surface area contributed by atoms with Gasteiger partial charge in [0.15, 0.2) is 0 Å². The molecule has 1 aromatic carbocycles. The molecule has 1 fully saturated rings. The highest BCUT2D eigenvalue weighted by molar-refractivity contribution is 7.18. The van der Waals surface area contributed by atoms with Gasteiger partial charge in [0.2, 0.25) is 0 Å². The minimum Gasteiger partial charge on any atom is -0.387 e. The minimum absolute atomic E-state index is 0.278. The molecule has 1 atom stereocenters. The third-order valence-electron chi connectivity index (χ3n) is 5.14. The van der Waals surface area contributed by atoms with Crippen molar-refractivity contribution in [1.29, 1.82) is 0 Å². The number of benzene rings is 1. The van der Waals surface area contributed by atoms with E-state index in [1.54, 1.807) is 11.3 Å². The van der Waals surface area contributed by atoms with Crippen LogP contribution in [0.4, 0.5) is 0 Å². The quantitative estimate of drug-likeness (QED) is 0.568. The zero-order valence-electron chi connectivity index (χ0n) is 14.2. The molecule has 0 unspecified atom stereocenters. The molecule has 0 aliphatic carbocycles. The van der Waals surface area contributed by atoms with Crippen molar-refractivity contribution in [2.24, 2.45) is 5.92 Å². The van der Waals surface area contributed by atoms with E-state index in [1.165, 1.54) is 0 Å². The van der Waals surface area contributed by atoms with E-state index in [0.717, 1.165) is 63.3 Å². The smallest absolute Gasteiger partial charge is 0.124 e. The van der Waals surface area contributed by atoms with Crippen molar-refractivity contribution in [3.05, 3.63) is 47.5 Å². The Balaban J connectivity index is 1.49. The van der Waals surface area contributed by atoms with Crippen LogP contribution >= 0.6 is 11.3 Å². The molecule has 0 saturated carbocycles. The van der Waals surface area contributed by atoms with Crippen LogP contribution in [0.25, 0.3) is 32.4 Å². The van der Waals surface area contributed by atoms with Gasteiger partial charge in [0.1, 0.15) is 4.83 Å². The summed E-state index contributed by atoms with van der Waals surface area (Å²) in [4.78, 5) is 6.81. The highest BCUT2D eigenvalue weighted by Gasteiger charge is 2.25. The van der Waals surface area contributed by atoms with Gasteiger partial charge in [-0.15, -0.1) is 11.3 Å². The van der Waals surface area contributed by atoms with Crippen LogP contribution in [0.2, 0.25) is 0 Å². The molecule has 1 aliphatic rings. The Morgan fingerprint density at radius 1 is 1.12 bits per heavy atom. The number of aromatic nitrogens is 3. The Morgan fingerprint density at radius 3 is 2.88 bits per heavy atom. The van der Waals surface area contributed by atoms with Crippen molar-refractivity contribution in [3.8, 4) is 11.3 Å². The first-order valence-corrected chi connectivity index (χ1v) is 9.69. The predicted octanol–water partition coefficient (Wildman–Crippen LogP) is 4.30. The fraction of sp³-hybridized carbons (Fsp3) is 0.300. The average molecular weight is 365 g/mol. The molecule has 1 saturated heterocycles. The van der Waals surface area contributed by atoms with E-state index >= 15 is 0 Å². The number of ether oxygens (including phenoxy) is 1. The molecule has 1 aliphatic heterocycles. The molecule has 5 rings (SSSR count). The lowest BCUT2D eigenvalue weighted by Gasteiger charge is -2.25. The molecule has 0 radical (unpaired) electrons. The number of aliphatic hydroxyl groups excluding tert-OH is 1. The third kappa shape index (κ3) is 2.80. The molecule has 0 bridgehead atoms. The van der Waals surface area contributed by atoms with E-state index in [9.17, 15) is 5.11 Å². The molecule has 6 heteroatoms. The van der Waals surface area contributed by atoms with Crippen LogP contribution in [-0.2, 0) is 4.74 Å². The zero-order chi connectivity index (χ0) is 17.5. The lowest BCUT2D eigenvalue weighted by Crippen LogP contribution is -2.21. The highest BCUT2D eigenvalue weighted by atomic mass is 32.1. The van der Waals surface area contributed by atoms with Crippen LogP contribution in [0.1, 0.15) is 23.8 Å². The number of thiophene rings is 1. The van der Waals surface area contributed by atoms with E-state index < -0.39 is 6.10 Å². The summed E-state index contributed by atoms with van der Waals surface area (Å²) in [5.41, 5.74) is 3.03. The molecule has 26 heavy (non-hydrogen) atoms. The molecule has 4 heterocycles. The Morgan fingerprint density at radius 2 is 2.00 bits per heavy atom. The number of hydrogen-bond acceptors (Lipinski definition) is 5. The van der Waals surface area contributed by atoms with Crippen molar-refractivity contribution in [2.75, 3.05) is 13.2 Å².